The van der Waals surface area contributed by atoms with Gasteiger partial charge in [0, 0.05) is 0 Å². The molecule has 0 saturated carbocycles. The summed E-state index contributed by atoms with van der Waals surface area (Å²) in [4.78, 5) is 13.9. The molecule has 24 heavy (non-hydrogen) atoms. The molecule has 6 heteroatoms. The Balaban J connectivity index is 2.16. The lowest BCUT2D eigenvalue weighted by Gasteiger charge is -2.08. The summed E-state index contributed by atoms with van der Waals surface area (Å²) in [5.74, 6) is 0. The minimum Gasteiger partial charge on any atom is -0.395 e. The van der Waals surface area contributed by atoms with Crippen LogP contribution in [0.15, 0.2) is 48.5 Å². The van der Waals surface area contributed by atoms with Gasteiger partial charge in [-0.2, -0.15) is 5.26 Å². The maximum absolute atomic E-state index is 9.59. The molecule has 0 radical (unpaired) electrons. The zero-order valence-corrected chi connectivity index (χ0v) is 12.4. The van der Waals surface area contributed by atoms with Crippen LogP contribution < -0.4 is 5.73 Å². The Morgan fingerprint density at radius 1 is 0.833 bits per heavy atom. The number of benzene rings is 2. The van der Waals surface area contributed by atoms with Crippen molar-refractivity contribution in [1.82, 2.24) is 19.4 Å². The van der Waals surface area contributed by atoms with Crippen molar-refractivity contribution in [2.45, 2.75) is 0 Å². The van der Waals surface area contributed by atoms with Gasteiger partial charge in [0.25, 0.3) is 0 Å². The van der Waals surface area contributed by atoms with Crippen LogP contribution in [0.25, 0.3) is 38.9 Å². The van der Waals surface area contributed by atoms with Gasteiger partial charge in [-0.25, -0.2) is 15.0 Å². The lowest BCUT2D eigenvalue weighted by molar-refractivity contribution is 1.22. The van der Waals surface area contributed by atoms with Crippen LogP contribution in [0.3, 0.4) is 0 Å². The van der Waals surface area contributed by atoms with Crippen molar-refractivity contribution in [3.05, 3.63) is 54.1 Å². The third kappa shape index (κ3) is 1.50. The molecule has 0 aliphatic rings. The van der Waals surface area contributed by atoms with Crippen molar-refractivity contribution in [3.8, 4) is 6.07 Å². The van der Waals surface area contributed by atoms with Crippen molar-refractivity contribution in [3.63, 3.8) is 0 Å². The molecule has 5 aromatic rings. The van der Waals surface area contributed by atoms with Gasteiger partial charge < -0.3 is 5.73 Å². The minimum absolute atomic E-state index is 0.311. The fourth-order valence-corrected chi connectivity index (χ4v) is 3.09. The molecule has 3 heterocycles. The lowest BCUT2D eigenvalue weighted by atomic mass is 10.2. The summed E-state index contributed by atoms with van der Waals surface area (Å²) in [6, 6.07) is 17.4. The fraction of sp³-hybridized carbons (Fsp3) is 0. The van der Waals surface area contributed by atoms with E-state index in [4.69, 9.17) is 10.7 Å². The molecule has 0 aliphatic heterocycles. The zero-order valence-electron chi connectivity index (χ0n) is 12.4. The van der Waals surface area contributed by atoms with Crippen LogP contribution in [0.2, 0.25) is 0 Å². The summed E-state index contributed by atoms with van der Waals surface area (Å²) in [7, 11) is 0. The molecule has 0 aliphatic carbocycles. The number of nitriles is 1. The van der Waals surface area contributed by atoms with Crippen LogP contribution >= 0.6 is 0 Å². The highest BCUT2D eigenvalue weighted by atomic mass is 15.1. The molecule has 3 aromatic heterocycles. The average molecular weight is 310 g/mol. The summed E-state index contributed by atoms with van der Waals surface area (Å²) >= 11 is 0. The third-order valence-corrected chi connectivity index (χ3v) is 4.18. The predicted octanol–water partition coefficient (Wildman–Crippen LogP) is 3.04. The van der Waals surface area contributed by atoms with E-state index in [0.29, 0.717) is 28.1 Å². The first kappa shape index (κ1) is 12.8. The number of imidazole rings is 1. The standard InChI is InChI=1S/C18H10N6/c19-9-10-15(20)17-23-13-7-3-4-8-14(13)24(17)18-16(10)21-11-5-1-2-6-12(11)22-18/h1-8H,20H2. The van der Waals surface area contributed by atoms with Crippen molar-refractivity contribution in [2.24, 2.45) is 0 Å². The molecule has 0 bridgehead atoms. The van der Waals surface area contributed by atoms with Gasteiger partial charge in [-0.15, -0.1) is 0 Å². The Bertz CT molecular complexity index is 1330. The second-order valence-electron chi connectivity index (χ2n) is 5.54. The summed E-state index contributed by atoms with van der Waals surface area (Å²) in [6.45, 7) is 0. The highest BCUT2D eigenvalue weighted by Crippen LogP contribution is 2.30. The Hall–Kier alpha value is -3.72. The number of nitrogens with two attached hydrogens (primary N) is 1. The number of pyridine rings is 1. The predicted molar refractivity (Wildman–Crippen MR) is 92.4 cm³/mol. The van der Waals surface area contributed by atoms with E-state index in [0.717, 1.165) is 22.1 Å². The number of fused-ring (bicyclic) bond motifs is 6. The molecule has 0 unspecified atom stereocenters. The van der Waals surface area contributed by atoms with Gasteiger partial charge in [0.1, 0.15) is 17.1 Å². The van der Waals surface area contributed by atoms with Crippen molar-refractivity contribution >= 4 is 44.6 Å². The summed E-state index contributed by atoms with van der Waals surface area (Å²) in [5, 5.41) is 9.59. The fourth-order valence-electron chi connectivity index (χ4n) is 3.09. The Kier molecular flexibility index (Phi) is 2.34. The van der Waals surface area contributed by atoms with Gasteiger partial charge in [0.2, 0.25) is 0 Å². The summed E-state index contributed by atoms with van der Waals surface area (Å²) < 4.78 is 1.88. The van der Waals surface area contributed by atoms with Gasteiger partial charge in [-0.3, -0.25) is 4.40 Å². The first-order valence-electron chi connectivity index (χ1n) is 7.43. The van der Waals surface area contributed by atoms with Gasteiger partial charge in [-0.1, -0.05) is 24.3 Å². The van der Waals surface area contributed by atoms with Crippen LogP contribution in [-0.2, 0) is 0 Å². The second kappa shape index (κ2) is 4.40. The van der Waals surface area contributed by atoms with Crippen LogP contribution in [0, 0.1) is 11.3 Å². The van der Waals surface area contributed by atoms with Gasteiger partial charge >= 0.3 is 0 Å². The number of anilines is 1. The Morgan fingerprint density at radius 2 is 1.46 bits per heavy atom. The minimum atomic E-state index is 0.311. The monoisotopic (exact) mass is 310 g/mol. The maximum Gasteiger partial charge on any atom is 0.167 e. The maximum atomic E-state index is 9.59. The number of para-hydroxylation sites is 4. The molecule has 0 spiro atoms. The van der Waals surface area contributed by atoms with Crippen LogP contribution in [0.4, 0.5) is 5.69 Å². The number of nitrogen functional groups attached to an aromatic ring is 1. The number of aromatic nitrogens is 4. The molecule has 2 aromatic carbocycles. The zero-order chi connectivity index (χ0) is 16.3. The van der Waals surface area contributed by atoms with E-state index >= 15 is 0 Å². The highest BCUT2D eigenvalue weighted by molar-refractivity contribution is 5.99. The number of rotatable bonds is 0. The van der Waals surface area contributed by atoms with Crippen molar-refractivity contribution in [2.75, 3.05) is 5.73 Å². The van der Waals surface area contributed by atoms with E-state index in [1.165, 1.54) is 0 Å². The lowest BCUT2D eigenvalue weighted by Crippen LogP contribution is -2.03. The molecule has 6 nitrogen and oxygen atoms in total. The van der Waals surface area contributed by atoms with E-state index < -0.39 is 0 Å². The molecule has 5 rings (SSSR count). The smallest absolute Gasteiger partial charge is 0.167 e. The van der Waals surface area contributed by atoms with Crippen molar-refractivity contribution < 1.29 is 0 Å². The SMILES string of the molecule is N#Cc1c(N)c2nc3ccccc3n2c2nc3ccccc3nc12. The van der Waals surface area contributed by atoms with E-state index in [-0.39, 0.29) is 0 Å². The molecule has 0 saturated heterocycles. The summed E-state index contributed by atoms with van der Waals surface area (Å²) in [6.07, 6.45) is 0. The van der Waals surface area contributed by atoms with Crippen molar-refractivity contribution in [1.29, 1.82) is 5.26 Å². The molecular formula is C18H10N6. The number of nitrogens with zero attached hydrogens (tertiary/aromatic N) is 5. The molecular weight excluding hydrogens is 300 g/mol. The first-order valence-corrected chi connectivity index (χ1v) is 7.43. The Labute approximate surface area is 135 Å². The molecule has 112 valence electrons. The summed E-state index contributed by atoms with van der Waals surface area (Å²) in [5.41, 5.74) is 11.7. The number of hydrogen-bond donors (Lipinski definition) is 1. The normalized spacial score (nSPS) is 11.5. The molecule has 2 N–H and O–H groups in total. The Morgan fingerprint density at radius 3 is 2.21 bits per heavy atom. The van der Waals surface area contributed by atoms with Gasteiger partial charge in [-0.05, 0) is 24.3 Å². The largest absolute Gasteiger partial charge is 0.395 e. The molecule has 0 fully saturated rings. The number of hydrogen-bond acceptors (Lipinski definition) is 5. The van der Waals surface area contributed by atoms with Gasteiger partial charge in [0.15, 0.2) is 11.3 Å². The van der Waals surface area contributed by atoms with E-state index in [9.17, 15) is 5.26 Å². The van der Waals surface area contributed by atoms with Gasteiger partial charge in [0.05, 0.1) is 27.8 Å². The van der Waals surface area contributed by atoms with Crippen LogP contribution in [0.1, 0.15) is 5.56 Å². The topological polar surface area (TPSA) is 92.9 Å². The van der Waals surface area contributed by atoms with E-state index in [2.05, 4.69) is 16.0 Å². The average Bonchev–Trinajstić information content (AvgIpc) is 3.01. The van der Waals surface area contributed by atoms with Crippen LogP contribution in [-0.4, -0.2) is 19.4 Å². The highest BCUT2D eigenvalue weighted by Gasteiger charge is 2.19. The molecule has 0 atom stereocenters. The van der Waals surface area contributed by atoms with E-state index in [1.807, 2.05) is 52.9 Å². The second-order valence-corrected chi connectivity index (χ2v) is 5.54. The first-order chi connectivity index (χ1) is 11.8. The third-order valence-electron chi connectivity index (χ3n) is 4.18. The van der Waals surface area contributed by atoms with Crippen LogP contribution in [0.5, 0.6) is 0 Å². The quantitative estimate of drug-likeness (QED) is 0.444. The van der Waals surface area contributed by atoms with E-state index in [1.54, 1.807) is 0 Å². The molecule has 0 amide bonds.